The Morgan fingerprint density at radius 2 is 1.75 bits per heavy atom. The van der Waals surface area contributed by atoms with Gasteiger partial charge in [-0.1, -0.05) is 29.8 Å². The van der Waals surface area contributed by atoms with Crippen LogP contribution in [0.1, 0.15) is 27.3 Å². The Labute approximate surface area is 146 Å². The van der Waals surface area contributed by atoms with Gasteiger partial charge >= 0.3 is 0 Å². The van der Waals surface area contributed by atoms with Crippen molar-refractivity contribution in [2.45, 2.75) is 20.4 Å². The molecule has 1 heterocycles. The molecule has 24 heavy (non-hydrogen) atoms. The fourth-order valence-corrected chi connectivity index (χ4v) is 2.75. The van der Waals surface area contributed by atoms with Gasteiger partial charge in [0.25, 0.3) is 5.91 Å². The van der Waals surface area contributed by atoms with Gasteiger partial charge in [0.05, 0.1) is 11.4 Å². The summed E-state index contributed by atoms with van der Waals surface area (Å²) in [4.78, 5) is 12.2. The lowest BCUT2D eigenvalue weighted by Crippen LogP contribution is -2.23. The summed E-state index contributed by atoms with van der Waals surface area (Å²) in [5, 5.41) is 8.15. The molecule has 0 radical (unpaired) electrons. The summed E-state index contributed by atoms with van der Waals surface area (Å²) in [6.45, 7) is 4.40. The number of nitrogens with one attached hydrogen (secondary N) is 1. The number of aromatic nitrogens is 2. The summed E-state index contributed by atoms with van der Waals surface area (Å²) in [7, 11) is 0. The first-order chi connectivity index (χ1) is 11.6. The topological polar surface area (TPSA) is 46.9 Å². The van der Waals surface area contributed by atoms with Crippen molar-refractivity contribution in [2.24, 2.45) is 0 Å². The Kier molecular flexibility index (Phi) is 4.67. The SMILES string of the molecule is Cc1nn(-c2ccccc2)c(C)c1CNC(=O)c1ccc(Cl)cc1. The van der Waals surface area contributed by atoms with Crippen LogP contribution in [0.2, 0.25) is 5.02 Å². The van der Waals surface area contributed by atoms with Crippen LogP contribution in [0.5, 0.6) is 0 Å². The van der Waals surface area contributed by atoms with Crippen molar-refractivity contribution in [3.05, 3.63) is 82.1 Å². The van der Waals surface area contributed by atoms with Crippen molar-refractivity contribution in [2.75, 3.05) is 0 Å². The van der Waals surface area contributed by atoms with Crippen molar-refractivity contribution in [3.8, 4) is 5.69 Å². The lowest BCUT2D eigenvalue weighted by atomic mass is 10.1. The molecule has 4 nitrogen and oxygen atoms in total. The third kappa shape index (κ3) is 3.34. The number of aryl methyl sites for hydroxylation is 1. The van der Waals surface area contributed by atoms with E-state index in [-0.39, 0.29) is 5.91 Å². The Bertz CT molecular complexity index is 854. The minimum Gasteiger partial charge on any atom is -0.348 e. The third-order valence-corrected chi connectivity index (χ3v) is 4.23. The Morgan fingerprint density at radius 1 is 1.08 bits per heavy atom. The molecule has 1 amide bonds. The quantitative estimate of drug-likeness (QED) is 0.778. The molecule has 3 aromatic rings. The second-order valence-corrected chi connectivity index (χ2v) is 6.02. The number of nitrogens with zero attached hydrogens (tertiary/aromatic N) is 2. The Balaban J connectivity index is 1.77. The van der Waals surface area contributed by atoms with Gasteiger partial charge in [-0.15, -0.1) is 0 Å². The zero-order valence-electron chi connectivity index (χ0n) is 13.6. The molecule has 0 aliphatic heterocycles. The molecule has 1 N–H and O–H groups in total. The second kappa shape index (κ2) is 6.89. The van der Waals surface area contributed by atoms with Crippen molar-refractivity contribution < 1.29 is 4.79 Å². The van der Waals surface area contributed by atoms with E-state index in [9.17, 15) is 4.79 Å². The molecule has 0 aliphatic rings. The number of carbonyl (C=O) groups excluding carboxylic acids is 1. The summed E-state index contributed by atoms with van der Waals surface area (Å²) >= 11 is 5.85. The van der Waals surface area contributed by atoms with E-state index in [1.54, 1.807) is 24.3 Å². The molecule has 3 rings (SSSR count). The van der Waals surface area contributed by atoms with E-state index >= 15 is 0 Å². The van der Waals surface area contributed by atoms with Crippen LogP contribution in [-0.2, 0) is 6.54 Å². The maximum atomic E-state index is 12.2. The van der Waals surface area contributed by atoms with Gasteiger partial charge in [-0.3, -0.25) is 4.79 Å². The minimum atomic E-state index is -0.127. The number of amides is 1. The zero-order valence-corrected chi connectivity index (χ0v) is 14.3. The smallest absolute Gasteiger partial charge is 0.251 e. The van der Waals surface area contributed by atoms with Gasteiger partial charge in [0, 0.05) is 28.4 Å². The van der Waals surface area contributed by atoms with Crippen LogP contribution in [0.3, 0.4) is 0 Å². The van der Waals surface area contributed by atoms with E-state index in [2.05, 4.69) is 10.4 Å². The number of hydrogen-bond donors (Lipinski definition) is 1. The summed E-state index contributed by atoms with van der Waals surface area (Å²) < 4.78 is 1.90. The molecule has 1 aromatic heterocycles. The van der Waals surface area contributed by atoms with Crippen molar-refractivity contribution in [1.29, 1.82) is 0 Å². The molecule has 0 bridgehead atoms. The summed E-state index contributed by atoms with van der Waals surface area (Å²) in [6, 6.07) is 16.8. The standard InChI is InChI=1S/C19H18ClN3O/c1-13-18(12-21-19(24)15-8-10-16(20)11-9-15)14(2)23(22-13)17-6-4-3-5-7-17/h3-11H,12H2,1-2H3,(H,21,24). The molecular formula is C19H18ClN3O. The largest absolute Gasteiger partial charge is 0.348 e. The van der Waals surface area contributed by atoms with E-state index < -0.39 is 0 Å². The number of benzene rings is 2. The van der Waals surface area contributed by atoms with Gasteiger partial charge in [0.1, 0.15) is 0 Å². The summed E-state index contributed by atoms with van der Waals surface area (Å²) in [6.07, 6.45) is 0. The third-order valence-electron chi connectivity index (χ3n) is 3.97. The van der Waals surface area contributed by atoms with Crippen LogP contribution >= 0.6 is 11.6 Å². The van der Waals surface area contributed by atoms with Gasteiger partial charge in [0.2, 0.25) is 0 Å². The van der Waals surface area contributed by atoms with E-state index in [0.717, 1.165) is 22.6 Å². The van der Waals surface area contributed by atoms with Crippen LogP contribution in [0, 0.1) is 13.8 Å². The maximum absolute atomic E-state index is 12.2. The Morgan fingerprint density at radius 3 is 2.42 bits per heavy atom. The fourth-order valence-electron chi connectivity index (χ4n) is 2.62. The highest BCUT2D eigenvalue weighted by molar-refractivity contribution is 6.30. The normalized spacial score (nSPS) is 10.6. The first kappa shape index (κ1) is 16.3. The lowest BCUT2D eigenvalue weighted by molar-refractivity contribution is 0.0951. The molecule has 0 unspecified atom stereocenters. The average molecular weight is 340 g/mol. The monoisotopic (exact) mass is 339 g/mol. The van der Waals surface area contributed by atoms with E-state index in [0.29, 0.717) is 17.1 Å². The average Bonchev–Trinajstić information content (AvgIpc) is 2.88. The predicted octanol–water partition coefficient (Wildman–Crippen LogP) is 4.07. The molecule has 0 saturated heterocycles. The number of rotatable bonds is 4. The minimum absolute atomic E-state index is 0.127. The first-order valence-corrected chi connectivity index (χ1v) is 8.08. The highest BCUT2D eigenvalue weighted by Crippen LogP contribution is 2.18. The van der Waals surface area contributed by atoms with Crippen LogP contribution < -0.4 is 5.32 Å². The van der Waals surface area contributed by atoms with Crippen molar-refractivity contribution in [1.82, 2.24) is 15.1 Å². The highest BCUT2D eigenvalue weighted by atomic mass is 35.5. The van der Waals surface area contributed by atoms with Gasteiger partial charge in [-0.25, -0.2) is 4.68 Å². The molecule has 0 saturated carbocycles. The van der Waals surface area contributed by atoms with Gasteiger partial charge in [0.15, 0.2) is 0 Å². The second-order valence-electron chi connectivity index (χ2n) is 5.59. The molecular weight excluding hydrogens is 322 g/mol. The molecule has 2 aromatic carbocycles. The van der Waals surface area contributed by atoms with Crippen molar-refractivity contribution in [3.63, 3.8) is 0 Å². The maximum Gasteiger partial charge on any atom is 0.251 e. The molecule has 0 spiro atoms. The molecule has 5 heteroatoms. The van der Waals surface area contributed by atoms with E-state index in [1.807, 2.05) is 48.9 Å². The number of halogens is 1. The van der Waals surface area contributed by atoms with Gasteiger partial charge in [-0.2, -0.15) is 5.10 Å². The van der Waals surface area contributed by atoms with Crippen LogP contribution in [0.4, 0.5) is 0 Å². The lowest BCUT2D eigenvalue weighted by Gasteiger charge is -2.07. The molecule has 122 valence electrons. The number of para-hydroxylation sites is 1. The first-order valence-electron chi connectivity index (χ1n) is 7.70. The van der Waals surface area contributed by atoms with Crippen LogP contribution in [-0.4, -0.2) is 15.7 Å². The number of carbonyl (C=O) groups is 1. The zero-order chi connectivity index (χ0) is 17.1. The van der Waals surface area contributed by atoms with Gasteiger partial charge < -0.3 is 5.32 Å². The summed E-state index contributed by atoms with van der Waals surface area (Å²) in [5.74, 6) is -0.127. The molecule has 0 aliphatic carbocycles. The molecule has 0 fully saturated rings. The van der Waals surface area contributed by atoms with E-state index in [4.69, 9.17) is 11.6 Å². The van der Waals surface area contributed by atoms with Gasteiger partial charge in [-0.05, 0) is 50.2 Å². The van der Waals surface area contributed by atoms with Crippen LogP contribution in [0.15, 0.2) is 54.6 Å². The highest BCUT2D eigenvalue weighted by Gasteiger charge is 2.14. The molecule has 0 atom stereocenters. The van der Waals surface area contributed by atoms with Crippen LogP contribution in [0.25, 0.3) is 5.69 Å². The van der Waals surface area contributed by atoms with E-state index in [1.165, 1.54) is 0 Å². The predicted molar refractivity (Wildman–Crippen MR) is 95.7 cm³/mol. The Hall–Kier alpha value is -2.59. The summed E-state index contributed by atoms with van der Waals surface area (Å²) in [5.41, 5.74) is 4.56. The fraction of sp³-hybridized carbons (Fsp3) is 0.158. The van der Waals surface area contributed by atoms with Crippen molar-refractivity contribution >= 4 is 17.5 Å². The number of hydrogen-bond acceptors (Lipinski definition) is 2.